The summed E-state index contributed by atoms with van der Waals surface area (Å²) in [5, 5.41) is 0. The van der Waals surface area contributed by atoms with E-state index in [2.05, 4.69) is 30.9 Å². The van der Waals surface area contributed by atoms with Gasteiger partial charge in [0.25, 0.3) is 0 Å². The first-order chi connectivity index (χ1) is 10.2. The van der Waals surface area contributed by atoms with E-state index in [0.717, 1.165) is 38.3 Å². The number of hydrogen-bond donors (Lipinski definition) is 1. The SMILES string of the molecule is CCCOCCOc1ccc(N2CCCC(N)C2)c(C)c1. The molecule has 0 aliphatic carbocycles. The van der Waals surface area contributed by atoms with Gasteiger partial charge in [-0.25, -0.2) is 0 Å². The minimum atomic E-state index is 0.296. The Morgan fingerprint density at radius 3 is 2.86 bits per heavy atom. The van der Waals surface area contributed by atoms with Crippen molar-refractivity contribution in [1.29, 1.82) is 0 Å². The fraction of sp³-hybridized carbons (Fsp3) is 0.647. The molecule has 0 radical (unpaired) electrons. The molecule has 1 aliphatic rings. The first kappa shape index (κ1) is 16.1. The van der Waals surface area contributed by atoms with Gasteiger partial charge in [-0.2, -0.15) is 0 Å². The van der Waals surface area contributed by atoms with Crippen LogP contribution in [0.2, 0.25) is 0 Å². The molecule has 0 spiro atoms. The van der Waals surface area contributed by atoms with Gasteiger partial charge in [0.05, 0.1) is 6.61 Å². The molecule has 21 heavy (non-hydrogen) atoms. The Hall–Kier alpha value is -1.26. The van der Waals surface area contributed by atoms with E-state index < -0.39 is 0 Å². The van der Waals surface area contributed by atoms with Crippen LogP contribution in [-0.2, 0) is 4.74 Å². The van der Waals surface area contributed by atoms with Crippen LogP contribution in [0.4, 0.5) is 5.69 Å². The molecule has 1 aromatic carbocycles. The summed E-state index contributed by atoms with van der Waals surface area (Å²) < 4.78 is 11.1. The van der Waals surface area contributed by atoms with Gasteiger partial charge in [-0.15, -0.1) is 0 Å². The second-order valence-corrected chi connectivity index (χ2v) is 5.76. The van der Waals surface area contributed by atoms with Gasteiger partial charge in [0.1, 0.15) is 12.4 Å². The van der Waals surface area contributed by atoms with Crippen LogP contribution in [0.15, 0.2) is 18.2 Å². The number of benzene rings is 1. The van der Waals surface area contributed by atoms with E-state index in [4.69, 9.17) is 15.2 Å². The van der Waals surface area contributed by atoms with Crippen molar-refractivity contribution < 1.29 is 9.47 Å². The standard InChI is InChI=1S/C17H28N2O2/c1-3-9-20-10-11-21-16-6-7-17(14(2)12-16)19-8-4-5-15(18)13-19/h6-7,12,15H,3-5,8-11,13,18H2,1-2H3. The van der Waals surface area contributed by atoms with Crippen LogP contribution >= 0.6 is 0 Å². The Kier molecular flexibility index (Phi) is 6.33. The maximum Gasteiger partial charge on any atom is 0.119 e. The Morgan fingerprint density at radius 1 is 1.29 bits per heavy atom. The lowest BCUT2D eigenvalue weighted by Gasteiger charge is -2.33. The molecule has 1 atom stereocenters. The molecule has 4 nitrogen and oxygen atoms in total. The quantitative estimate of drug-likeness (QED) is 0.785. The van der Waals surface area contributed by atoms with Gasteiger partial charge in [0.15, 0.2) is 0 Å². The van der Waals surface area contributed by atoms with Crippen molar-refractivity contribution in [3.05, 3.63) is 23.8 Å². The fourth-order valence-corrected chi connectivity index (χ4v) is 2.77. The molecular formula is C17H28N2O2. The number of aryl methyl sites for hydroxylation is 1. The molecule has 118 valence electrons. The van der Waals surface area contributed by atoms with E-state index in [1.54, 1.807) is 0 Å². The predicted molar refractivity (Wildman–Crippen MR) is 87.2 cm³/mol. The lowest BCUT2D eigenvalue weighted by Crippen LogP contribution is -2.43. The van der Waals surface area contributed by atoms with Crippen LogP contribution < -0.4 is 15.4 Å². The minimum absolute atomic E-state index is 0.296. The number of ether oxygens (including phenoxy) is 2. The van der Waals surface area contributed by atoms with Crippen LogP contribution in [0.25, 0.3) is 0 Å². The van der Waals surface area contributed by atoms with Gasteiger partial charge in [-0.1, -0.05) is 6.92 Å². The van der Waals surface area contributed by atoms with E-state index in [1.807, 2.05) is 6.07 Å². The maximum atomic E-state index is 6.07. The van der Waals surface area contributed by atoms with Crippen molar-refractivity contribution in [2.24, 2.45) is 5.73 Å². The topological polar surface area (TPSA) is 47.7 Å². The van der Waals surface area contributed by atoms with Crippen LogP contribution in [0.5, 0.6) is 5.75 Å². The maximum absolute atomic E-state index is 6.07. The third-order valence-electron chi connectivity index (χ3n) is 3.81. The molecule has 1 unspecified atom stereocenters. The van der Waals surface area contributed by atoms with E-state index >= 15 is 0 Å². The zero-order valence-electron chi connectivity index (χ0n) is 13.3. The molecule has 0 aromatic heterocycles. The molecule has 1 aromatic rings. The van der Waals surface area contributed by atoms with Crippen molar-refractivity contribution in [1.82, 2.24) is 0 Å². The van der Waals surface area contributed by atoms with Crippen molar-refractivity contribution >= 4 is 5.69 Å². The van der Waals surface area contributed by atoms with Gasteiger partial charge in [0.2, 0.25) is 0 Å². The van der Waals surface area contributed by atoms with Crippen molar-refractivity contribution in [2.75, 3.05) is 37.8 Å². The zero-order valence-corrected chi connectivity index (χ0v) is 13.3. The Labute approximate surface area is 128 Å². The van der Waals surface area contributed by atoms with Gasteiger partial charge in [0, 0.05) is 31.4 Å². The number of hydrogen-bond acceptors (Lipinski definition) is 4. The molecule has 1 saturated heterocycles. The van der Waals surface area contributed by atoms with E-state index in [0.29, 0.717) is 19.3 Å². The number of nitrogens with zero attached hydrogens (tertiary/aromatic N) is 1. The number of rotatable bonds is 7. The lowest BCUT2D eigenvalue weighted by atomic mass is 10.0. The summed E-state index contributed by atoms with van der Waals surface area (Å²) in [7, 11) is 0. The largest absolute Gasteiger partial charge is 0.491 e. The molecule has 1 fully saturated rings. The molecule has 0 saturated carbocycles. The summed E-state index contributed by atoms with van der Waals surface area (Å²) in [5.74, 6) is 0.914. The van der Waals surface area contributed by atoms with Crippen molar-refractivity contribution in [3.8, 4) is 5.75 Å². The zero-order chi connectivity index (χ0) is 15.1. The third kappa shape index (κ3) is 4.90. The van der Waals surface area contributed by atoms with Gasteiger partial charge in [-0.3, -0.25) is 0 Å². The summed E-state index contributed by atoms with van der Waals surface area (Å²) in [6.45, 7) is 8.34. The summed E-state index contributed by atoms with van der Waals surface area (Å²) >= 11 is 0. The van der Waals surface area contributed by atoms with Crippen molar-refractivity contribution in [2.45, 2.75) is 39.2 Å². The van der Waals surface area contributed by atoms with E-state index in [9.17, 15) is 0 Å². The normalized spacial score (nSPS) is 18.8. The molecule has 2 rings (SSSR count). The first-order valence-electron chi connectivity index (χ1n) is 8.02. The highest BCUT2D eigenvalue weighted by Crippen LogP contribution is 2.27. The highest BCUT2D eigenvalue weighted by molar-refractivity contribution is 5.56. The highest BCUT2D eigenvalue weighted by Gasteiger charge is 2.18. The van der Waals surface area contributed by atoms with Crippen molar-refractivity contribution in [3.63, 3.8) is 0 Å². The number of piperidine rings is 1. The number of anilines is 1. The fourth-order valence-electron chi connectivity index (χ4n) is 2.77. The van der Waals surface area contributed by atoms with Crippen LogP contribution in [0, 0.1) is 6.92 Å². The van der Waals surface area contributed by atoms with E-state index in [1.165, 1.54) is 17.7 Å². The minimum Gasteiger partial charge on any atom is -0.491 e. The summed E-state index contributed by atoms with van der Waals surface area (Å²) in [6.07, 6.45) is 3.36. The second kappa shape index (κ2) is 8.25. The molecule has 4 heteroatoms. The molecule has 1 aliphatic heterocycles. The predicted octanol–water partition coefficient (Wildman–Crippen LogP) is 2.73. The van der Waals surface area contributed by atoms with E-state index in [-0.39, 0.29) is 0 Å². The second-order valence-electron chi connectivity index (χ2n) is 5.76. The Bertz CT molecular complexity index is 437. The monoisotopic (exact) mass is 292 g/mol. The summed E-state index contributed by atoms with van der Waals surface area (Å²) in [6, 6.07) is 6.59. The summed E-state index contributed by atoms with van der Waals surface area (Å²) in [5.41, 5.74) is 8.59. The van der Waals surface area contributed by atoms with Crippen LogP contribution in [0.3, 0.4) is 0 Å². The number of nitrogens with two attached hydrogens (primary N) is 1. The third-order valence-corrected chi connectivity index (χ3v) is 3.81. The Morgan fingerprint density at radius 2 is 2.14 bits per heavy atom. The molecular weight excluding hydrogens is 264 g/mol. The highest BCUT2D eigenvalue weighted by atomic mass is 16.5. The van der Waals surface area contributed by atoms with Crippen LogP contribution in [-0.4, -0.2) is 39.0 Å². The van der Waals surface area contributed by atoms with Crippen LogP contribution in [0.1, 0.15) is 31.7 Å². The smallest absolute Gasteiger partial charge is 0.119 e. The van der Waals surface area contributed by atoms with Gasteiger partial charge < -0.3 is 20.1 Å². The lowest BCUT2D eigenvalue weighted by molar-refractivity contribution is 0.101. The average molecular weight is 292 g/mol. The molecule has 0 bridgehead atoms. The van der Waals surface area contributed by atoms with Gasteiger partial charge in [-0.05, 0) is 49.9 Å². The molecule has 1 heterocycles. The van der Waals surface area contributed by atoms with Gasteiger partial charge >= 0.3 is 0 Å². The summed E-state index contributed by atoms with van der Waals surface area (Å²) in [4.78, 5) is 2.39. The first-order valence-corrected chi connectivity index (χ1v) is 8.02. The molecule has 2 N–H and O–H groups in total. The Balaban J connectivity index is 1.88. The average Bonchev–Trinajstić information content (AvgIpc) is 2.47. The molecule has 0 amide bonds.